The number of carbonyl (C=O) groups is 1. The molecule has 1 unspecified atom stereocenters. The molecular formula is C32H42O7Si. The second kappa shape index (κ2) is 13.8. The summed E-state index contributed by atoms with van der Waals surface area (Å²) in [6.07, 6.45) is 2.35. The van der Waals surface area contributed by atoms with Gasteiger partial charge in [-0.25, -0.2) is 0 Å². The summed E-state index contributed by atoms with van der Waals surface area (Å²) in [6, 6.07) is 9.26. The summed E-state index contributed by atoms with van der Waals surface area (Å²) in [7, 11) is 0.850. The predicted octanol–water partition coefficient (Wildman–Crippen LogP) is 4.76. The highest BCUT2D eigenvalue weighted by Gasteiger charge is 2.53. The van der Waals surface area contributed by atoms with E-state index in [2.05, 4.69) is 65.2 Å². The monoisotopic (exact) mass is 566 g/mol. The van der Waals surface area contributed by atoms with Crippen LogP contribution >= 0.6 is 0 Å². The highest BCUT2D eigenvalue weighted by Crippen LogP contribution is 2.42. The topological polar surface area (TPSA) is 83.5 Å². The summed E-state index contributed by atoms with van der Waals surface area (Å²) >= 11 is 0. The molecule has 1 aromatic rings. The lowest BCUT2D eigenvalue weighted by Gasteiger charge is -2.43. The van der Waals surface area contributed by atoms with E-state index < -0.39 is 38.2 Å². The Hall–Kier alpha value is -2.69. The van der Waals surface area contributed by atoms with Gasteiger partial charge in [-0.05, 0) is 40.8 Å². The Morgan fingerprint density at radius 1 is 1.00 bits per heavy atom. The second-order valence-electron chi connectivity index (χ2n) is 10.9. The van der Waals surface area contributed by atoms with E-state index in [1.807, 2.05) is 36.4 Å². The van der Waals surface area contributed by atoms with Gasteiger partial charge in [0.05, 0.1) is 13.7 Å². The molecular weight excluding hydrogens is 524 g/mol. The van der Waals surface area contributed by atoms with E-state index in [9.17, 15) is 9.90 Å². The molecule has 0 radical (unpaired) electrons. The van der Waals surface area contributed by atoms with Crippen molar-refractivity contribution in [2.24, 2.45) is 0 Å². The number of benzene rings is 1. The van der Waals surface area contributed by atoms with E-state index in [4.69, 9.17) is 23.4 Å². The SMILES string of the molecule is COC1=C(C#Cc2ccccc2)C(=O)C1(O)C#CCO[C@H]1C=C[C@@H](OC)O[C@@H]1CO[Si](C(C)C)(C(C)C)C(C)C. The van der Waals surface area contributed by atoms with Crippen LogP contribution in [-0.4, -0.2) is 70.7 Å². The van der Waals surface area contributed by atoms with Crippen molar-refractivity contribution in [1.29, 1.82) is 0 Å². The Kier molecular flexibility index (Phi) is 11.0. The van der Waals surface area contributed by atoms with Gasteiger partial charge in [-0.3, -0.25) is 4.79 Å². The van der Waals surface area contributed by atoms with Gasteiger partial charge in [0.15, 0.2) is 20.4 Å². The lowest BCUT2D eigenvalue weighted by molar-refractivity contribution is -0.173. The molecule has 8 heteroatoms. The van der Waals surface area contributed by atoms with Gasteiger partial charge in [0.25, 0.3) is 0 Å². The highest BCUT2D eigenvalue weighted by atomic mass is 28.4. The minimum atomic E-state index is -2.12. The van der Waals surface area contributed by atoms with E-state index in [-0.39, 0.29) is 17.9 Å². The fourth-order valence-corrected chi connectivity index (χ4v) is 11.2. The van der Waals surface area contributed by atoms with Gasteiger partial charge in [0.1, 0.15) is 24.4 Å². The standard InChI is InChI=1S/C32H42O7Si/c1-22(2)40(23(3)4,24(5)6)38-21-28-27(17-18-29(35-7)39-28)37-20-12-19-32(34)30(33)26(31(32)36-8)16-15-25-13-10-9-11-14-25/h9-11,13-14,17-18,22-24,27-29,34H,20-21H2,1-8H3/t27-,28+,29-,32?/m0/s1. The molecule has 1 heterocycles. The van der Waals surface area contributed by atoms with Crippen molar-refractivity contribution in [3.8, 4) is 23.7 Å². The minimum absolute atomic E-state index is 0.0365. The summed E-state index contributed by atoms with van der Waals surface area (Å²) in [5.41, 5.74) is 0.116. The number of ether oxygens (including phenoxy) is 4. The number of Topliss-reactive ketones (excluding diaryl/α,β-unsaturated/α-hetero) is 1. The van der Waals surface area contributed by atoms with Gasteiger partial charge in [-0.15, -0.1) is 0 Å². The summed E-state index contributed by atoms with van der Waals surface area (Å²) in [5.74, 6) is 10.6. The van der Waals surface area contributed by atoms with Gasteiger partial charge in [-0.2, -0.15) is 0 Å². The first-order valence-corrected chi connectivity index (χ1v) is 15.9. The fraction of sp³-hybridized carbons (Fsp3) is 0.531. The van der Waals surface area contributed by atoms with Crippen LogP contribution in [0.2, 0.25) is 16.6 Å². The van der Waals surface area contributed by atoms with Crippen LogP contribution in [-0.2, 0) is 28.2 Å². The van der Waals surface area contributed by atoms with Crippen molar-refractivity contribution in [1.82, 2.24) is 0 Å². The Bertz CT molecular complexity index is 1190. The Morgan fingerprint density at radius 3 is 2.23 bits per heavy atom. The van der Waals surface area contributed by atoms with Gasteiger partial charge in [0, 0.05) is 12.7 Å². The lowest BCUT2D eigenvalue weighted by atomic mass is 9.78. The average Bonchev–Trinajstić information content (AvgIpc) is 2.93. The third-order valence-corrected chi connectivity index (χ3v) is 13.7. The van der Waals surface area contributed by atoms with Crippen molar-refractivity contribution >= 4 is 14.1 Å². The molecule has 40 heavy (non-hydrogen) atoms. The number of hydrogen-bond acceptors (Lipinski definition) is 7. The number of hydrogen-bond donors (Lipinski definition) is 1. The van der Waals surface area contributed by atoms with Crippen LogP contribution in [0.3, 0.4) is 0 Å². The maximum atomic E-state index is 12.7. The van der Waals surface area contributed by atoms with Crippen LogP contribution in [0.1, 0.15) is 47.1 Å². The Labute approximate surface area is 240 Å². The summed E-state index contributed by atoms with van der Waals surface area (Å²) < 4.78 is 29.6. The van der Waals surface area contributed by atoms with Gasteiger partial charge in [0.2, 0.25) is 11.4 Å². The molecule has 0 fully saturated rings. The Morgan fingerprint density at radius 2 is 1.65 bits per heavy atom. The average molecular weight is 567 g/mol. The molecule has 1 aromatic carbocycles. The molecule has 7 nitrogen and oxygen atoms in total. The number of aliphatic hydroxyl groups is 1. The van der Waals surface area contributed by atoms with Crippen molar-refractivity contribution in [2.45, 2.75) is 82.3 Å². The molecule has 1 aliphatic heterocycles. The number of rotatable bonds is 10. The lowest BCUT2D eigenvalue weighted by Crippen LogP contribution is -2.51. The maximum absolute atomic E-state index is 12.7. The molecule has 0 amide bonds. The highest BCUT2D eigenvalue weighted by molar-refractivity contribution is 6.77. The zero-order chi connectivity index (χ0) is 29.5. The normalized spacial score (nSPS) is 24.5. The zero-order valence-corrected chi connectivity index (χ0v) is 25.8. The van der Waals surface area contributed by atoms with Crippen molar-refractivity contribution in [3.63, 3.8) is 0 Å². The van der Waals surface area contributed by atoms with Gasteiger partial charge >= 0.3 is 0 Å². The van der Waals surface area contributed by atoms with Crippen LogP contribution < -0.4 is 0 Å². The summed E-state index contributed by atoms with van der Waals surface area (Å²) in [6.45, 7) is 13.8. The molecule has 1 aliphatic carbocycles. The zero-order valence-electron chi connectivity index (χ0n) is 24.8. The number of methoxy groups -OCH3 is 2. The van der Waals surface area contributed by atoms with E-state index in [1.54, 1.807) is 13.2 Å². The van der Waals surface area contributed by atoms with Crippen LogP contribution in [0.25, 0.3) is 0 Å². The van der Waals surface area contributed by atoms with Crippen molar-refractivity contribution in [3.05, 3.63) is 59.4 Å². The first-order valence-electron chi connectivity index (χ1n) is 13.8. The third kappa shape index (κ3) is 6.61. The first kappa shape index (κ1) is 31.8. The maximum Gasteiger partial charge on any atom is 0.249 e. The summed E-state index contributed by atoms with van der Waals surface area (Å²) in [5, 5.41) is 10.9. The van der Waals surface area contributed by atoms with Crippen LogP contribution in [0.5, 0.6) is 0 Å². The molecule has 0 saturated heterocycles. The molecule has 4 atom stereocenters. The fourth-order valence-electron chi connectivity index (χ4n) is 5.72. The second-order valence-corrected chi connectivity index (χ2v) is 16.4. The van der Waals surface area contributed by atoms with Crippen LogP contribution in [0, 0.1) is 23.7 Å². The molecule has 0 bridgehead atoms. The molecule has 1 N–H and O–H groups in total. The smallest absolute Gasteiger partial charge is 0.249 e. The predicted molar refractivity (Wildman–Crippen MR) is 157 cm³/mol. The molecule has 216 valence electrons. The van der Waals surface area contributed by atoms with E-state index in [0.29, 0.717) is 23.2 Å². The van der Waals surface area contributed by atoms with Crippen molar-refractivity contribution in [2.75, 3.05) is 27.4 Å². The van der Waals surface area contributed by atoms with Gasteiger partial charge < -0.3 is 28.5 Å². The molecule has 0 aromatic heterocycles. The third-order valence-electron chi connectivity index (χ3n) is 7.61. The first-order chi connectivity index (χ1) is 19.0. The van der Waals surface area contributed by atoms with Gasteiger partial charge in [-0.1, -0.05) is 83.6 Å². The largest absolute Gasteiger partial charge is 0.495 e. The molecule has 2 aliphatic rings. The van der Waals surface area contributed by atoms with E-state index in [1.165, 1.54) is 7.11 Å². The van der Waals surface area contributed by atoms with E-state index >= 15 is 0 Å². The van der Waals surface area contributed by atoms with E-state index in [0.717, 1.165) is 5.56 Å². The minimum Gasteiger partial charge on any atom is -0.495 e. The number of carbonyl (C=O) groups excluding carboxylic acids is 1. The quantitative estimate of drug-likeness (QED) is 0.248. The van der Waals surface area contributed by atoms with Crippen molar-refractivity contribution < 1.29 is 33.3 Å². The van der Waals surface area contributed by atoms with Crippen LogP contribution in [0.15, 0.2) is 53.8 Å². The molecule has 0 spiro atoms. The summed E-state index contributed by atoms with van der Waals surface area (Å²) in [4.78, 5) is 12.7. The van der Waals surface area contributed by atoms with Crippen LogP contribution in [0.4, 0.5) is 0 Å². The molecule has 3 rings (SSSR count). The molecule has 0 saturated carbocycles. The number of ketones is 1. The Balaban J connectivity index is 1.71.